The number of carbonyl (C=O) groups is 1. The third kappa shape index (κ3) is 3.56. The highest BCUT2D eigenvalue weighted by atomic mass is 16.4. The van der Waals surface area contributed by atoms with Crippen molar-refractivity contribution in [2.75, 3.05) is 26.3 Å². The molecule has 5 heteroatoms. The Kier molecular flexibility index (Phi) is 5.11. The van der Waals surface area contributed by atoms with Gasteiger partial charge in [-0.05, 0) is 43.0 Å². The summed E-state index contributed by atoms with van der Waals surface area (Å²) < 4.78 is 0. The SMILES string of the molecule is O=C(O)c1ccc(C[C@H]2CCN(C(CO)CO)C2)cc1. The highest BCUT2D eigenvalue weighted by Gasteiger charge is 2.27. The zero-order valence-corrected chi connectivity index (χ0v) is 11.4. The minimum atomic E-state index is -0.905. The number of aromatic carboxylic acids is 1. The smallest absolute Gasteiger partial charge is 0.335 e. The summed E-state index contributed by atoms with van der Waals surface area (Å²) in [7, 11) is 0. The Bertz CT molecular complexity index is 442. The molecule has 1 saturated heterocycles. The van der Waals surface area contributed by atoms with Crippen LogP contribution in [0, 0.1) is 5.92 Å². The van der Waals surface area contributed by atoms with Crippen LogP contribution in [0.2, 0.25) is 0 Å². The standard InChI is InChI=1S/C15H21NO4/c17-9-14(10-18)16-6-5-12(8-16)7-11-1-3-13(4-2-11)15(19)20/h1-4,12,14,17-18H,5-10H2,(H,19,20)/t12-/m1/s1. The van der Waals surface area contributed by atoms with Crippen molar-refractivity contribution >= 4 is 5.97 Å². The molecule has 0 aliphatic carbocycles. The Labute approximate surface area is 118 Å². The molecular formula is C15H21NO4. The van der Waals surface area contributed by atoms with E-state index in [1.54, 1.807) is 12.1 Å². The van der Waals surface area contributed by atoms with Gasteiger partial charge in [-0.15, -0.1) is 0 Å². The van der Waals surface area contributed by atoms with Gasteiger partial charge < -0.3 is 15.3 Å². The van der Waals surface area contributed by atoms with E-state index in [1.165, 1.54) is 0 Å². The first-order valence-corrected chi connectivity index (χ1v) is 6.92. The van der Waals surface area contributed by atoms with Crippen LogP contribution in [0.4, 0.5) is 0 Å². The summed E-state index contributed by atoms with van der Waals surface area (Å²) in [4.78, 5) is 12.9. The summed E-state index contributed by atoms with van der Waals surface area (Å²) in [6.07, 6.45) is 1.94. The molecule has 110 valence electrons. The van der Waals surface area contributed by atoms with E-state index < -0.39 is 5.97 Å². The van der Waals surface area contributed by atoms with Crippen molar-refractivity contribution in [2.45, 2.75) is 18.9 Å². The van der Waals surface area contributed by atoms with Gasteiger partial charge >= 0.3 is 5.97 Å². The zero-order chi connectivity index (χ0) is 14.5. The fourth-order valence-corrected chi connectivity index (χ4v) is 2.77. The number of hydrogen-bond acceptors (Lipinski definition) is 4. The van der Waals surface area contributed by atoms with Crippen LogP contribution in [0.15, 0.2) is 24.3 Å². The van der Waals surface area contributed by atoms with Crippen LogP contribution in [0.3, 0.4) is 0 Å². The third-order valence-corrected chi connectivity index (χ3v) is 3.98. The van der Waals surface area contributed by atoms with Gasteiger partial charge in [-0.3, -0.25) is 4.90 Å². The number of nitrogens with zero attached hydrogens (tertiary/aromatic N) is 1. The largest absolute Gasteiger partial charge is 0.478 e. The van der Waals surface area contributed by atoms with Gasteiger partial charge in [0.2, 0.25) is 0 Å². The molecule has 5 nitrogen and oxygen atoms in total. The van der Waals surface area contributed by atoms with Crippen molar-refractivity contribution in [3.63, 3.8) is 0 Å². The second-order valence-corrected chi connectivity index (χ2v) is 5.37. The Morgan fingerprint density at radius 2 is 1.90 bits per heavy atom. The lowest BCUT2D eigenvalue weighted by Gasteiger charge is -2.24. The number of hydrogen-bond donors (Lipinski definition) is 3. The fourth-order valence-electron chi connectivity index (χ4n) is 2.77. The summed E-state index contributed by atoms with van der Waals surface area (Å²) in [5.74, 6) is -0.413. The summed E-state index contributed by atoms with van der Waals surface area (Å²) in [5, 5.41) is 27.2. The van der Waals surface area contributed by atoms with Gasteiger partial charge in [0.25, 0.3) is 0 Å². The van der Waals surface area contributed by atoms with Crippen molar-refractivity contribution in [3.05, 3.63) is 35.4 Å². The van der Waals surface area contributed by atoms with E-state index in [9.17, 15) is 15.0 Å². The minimum Gasteiger partial charge on any atom is -0.478 e. The van der Waals surface area contributed by atoms with Crippen molar-refractivity contribution in [1.82, 2.24) is 4.90 Å². The number of likely N-dealkylation sites (tertiary alicyclic amines) is 1. The molecule has 2 rings (SSSR count). The molecule has 1 heterocycles. The maximum atomic E-state index is 10.8. The number of aliphatic hydroxyl groups excluding tert-OH is 2. The number of carboxylic acids is 1. The molecule has 0 amide bonds. The average Bonchev–Trinajstić information content (AvgIpc) is 2.89. The molecular weight excluding hydrogens is 258 g/mol. The highest BCUT2D eigenvalue weighted by molar-refractivity contribution is 5.87. The third-order valence-electron chi connectivity index (χ3n) is 3.98. The van der Waals surface area contributed by atoms with Crippen LogP contribution in [-0.4, -0.2) is 58.5 Å². The molecule has 1 aliphatic heterocycles. The molecule has 1 atom stereocenters. The molecule has 1 aromatic carbocycles. The molecule has 0 aromatic heterocycles. The van der Waals surface area contributed by atoms with E-state index in [0.29, 0.717) is 11.5 Å². The molecule has 1 fully saturated rings. The Morgan fingerprint density at radius 1 is 1.25 bits per heavy atom. The normalized spacial score (nSPS) is 19.6. The number of benzene rings is 1. The summed E-state index contributed by atoms with van der Waals surface area (Å²) in [6, 6.07) is 6.83. The van der Waals surface area contributed by atoms with Gasteiger partial charge in [0, 0.05) is 6.54 Å². The summed E-state index contributed by atoms with van der Waals surface area (Å²) in [6.45, 7) is 1.73. The van der Waals surface area contributed by atoms with Crippen LogP contribution in [0.5, 0.6) is 0 Å². The van der Waals surface area contributed by atoms with Crippen molar-refractivity contribution in [1.29, 1.82) is 0 Å². The maximum absolute atomic E-state index is 10.8. The average molecular weight is 279 g/mol. The number of aliphatic hydroxyl groups is 2. The first-order chi connectivity index (χ1) is 9.63. The molecule has 1 aromatic rings. The van der Waals surface area contributed by atoms with Gasteiger partial charge in [0.05, 0.1) is 24.8 Å². The van der Waals surface area contributed by atoms with Crippen molar-refractivity contribution in [2.24, 2.45) is 5.92 Å². The van der Waals surface area contributed by atoms with E-state index in [1.807, 2.05) is 12.1 Å². The number of rotatable bonds is 6. The molecule has 0 radical (unpaired) electrons. The monoisotopic (exact) mass is 279 g/mol. The topological polar surface area (TPSA) is 81.0 Å². The van der Waals surface area contributed by atoms with E-state index in [0.717, 1.165) is 31.5 Å². The van der Waals surface area contributed by atoms with Crippen molar-refractivity contribution in [3.8, 4) is 0 Å². The first kappa shape index (κ1) is 15.0. The summed E-state index contributed by atoms with van der Waals surface area (Å²) in [5.41, 5.74) is 1.44. The molecule has 0 spiro atoms. The Hall–Kier alpha value is -1.43. The minimum absolute atomic E-state index is 0.0173. The summed E-state index contributed by atoms with van der Waals surface area (Å²) >= 11 is 0. The second-order valence-electron chi connectivity index (χ2n) is 5.37. The van der Waals surface area contributed by atoms with E-state index in [2.05, 4.69) is 4.90 Å². The quantitative estimate of drug-likeness (QED) is 0.710. The molecule has 1 aliphatic rings. The molecule has 0 saturated carbocycles. The molecule has 0 bridgehead atoms. The van der Waals surface area contributed by atoms with Crippen molar-refractivity contribution < 1.29 is 20.1 Å². The Balaban J connectivity index is 1.90. The Morgan fingerprint density at radius 3 is 2.45 bits per heavy atom. The van der Waals surface area contributed by atoms with Gasteiger partial charge in [-0.1, -0.05) is 12.1 Å². The second kappa shape index (κ2) is 6.83. The predicted octanol–water partition coefficient (Wildman–Crippen LogP) is 0.602. The van der Waals surface area contributed by atoms with E-state index in [-0.39, 0.29) is 19.3 Å². The van der Waals surface area contributed by atoms with Gasteiger partial charge in [0.15, 0.2) is 0 Å². The van der Waals surface area contributed by atoms with Gasteiger partial charge in [-0.2, -0.15) is 0 Å². The van der Waals surface area contributed by atoms with Crippen LogP contribution in [0.25, 0.3) is 0 Å². The lowest BCUT2D eigenvalue weighted by Crippen LogP contribution is -2.39. The maximum Gasteiger partial charge on any atom is 0.335 e. The van der Waals surface area contributed by atoms with Gasteiger partial charge in [-0.25, -0.2) is 4.79 Å². The fraction of sp³-hybridized carbons (Fsp3) is 0.533. The first-order valence-electron chi connectivity index (χ1n) is 6.92. The van der Waals surface area contributed by atoms with Crippen LogP contribution < -0.4 is 0 Å². The lowest BCUT2D eigenvalue weighted by molar-refractivity contribution is 0.0697. The zero-order valence-electron chi connectivity index (χ0n) is 11.4. The van der Waals surface area contributed by atoms with Crippen LogP contribution in [0.1, 0.15) is 22.3 Å². The van der Waals surface area contributed by atoms with E-state index in [4.69, 9.17) is 5.11 Å². The number of carboxylic acid groups (broad SMARTS) is 1. The predicted molar refractivity (Wildman–Crippen MR) is 74.7 cm³/mol. The van der Waals surface area contributed by atoms with Crippen LogP contribution >= 0.6 is 0 Å². The molecule has 20 heavy (non-hydrogen) atoms. The molecule has 0 unspecified atom stereocenters. The highest BCUT2D eigenvalue weighted by Crippen LogP contribution is 2.22. The van der Waals surface area contributed by atoms with E-state index >= 15 is 0 Å². The van der Waals surface area contributed by atoms with Crippen LogP contribution in [-0.2, 0) is 6.42 Å². The van der Waals surface area contributed by atoms with Gasteiger partial charge in [0.1, 0.15) is 0 Å². The lowest BCUT2D eigenvalue weighted by atomic mass is 9.98. The molecule has 3 N–H and O–H groups in total.